The first-order chi connectivity index (χ1) is 12.2. The van der Waals surface area contributed by atoms with E-state index < -0.39 is 0 Å². The van der Waals surface area contributed by atoms with Gasteiger partial charge in [-0.1, -0.05) is 18.2 Å². The van der Waals surface area contributed by atoms with Gasteiger partial charge in [-0.3, -0.25) is 4.99 Å². The Kier molecular flexibility index (Phi) is 8.55. The van der Waals surface area contributed by atoms with Crippen molar-refractivity contribution in [2.45, 2.75) is 19.4 Å². The highest BCUT2D eigenvalue weighted by atomic mass is 16.5. The zero-order valence-corrected chi connectivity index (χ0v) is 15.6. The van der Waals surface area contributed by atoms with E-state index in [1.54, 1.807) is 7.11 Å². The van der Waals surface area contributed by atoms with Gasteiger partial charge in [0.25, 0.3) is 0 Å². The highest BCUT2D eigenvalue weighted by Gasteiger charge is 2.25. The van der Waals surface area contributed by atoms with Gasteiger partial charge in [0.1, 0.15) is 11.9 Å². The van der Waals surface area contributed by atoms with E-state index in [0.29, 0.717) is 25.7 Å². The van der Waals surface area contributed by atoms with Crippen molar-refractivity contribution in [1.82, 2.24) is 10.2 Å². The average Bonchev–Trinajstić information content (AvgIpc) is 3.09. The van der Waals surface area contributed by atoms with Crippen LogP contribution in [0.4, 0.5) is 0 Å². The molecule has 0 aromatic heterocycles. The third-order valence-corrected chi connectivity index (χ3v) is 4.21. The van der Waals surface area contributed by atoms with Gasteiger partial charge in [0.15, 0.2) is 5.96 Å². The van der Waals surface area contributed by atoms with Crippen LogP contribution in [0, 0.1) is 5.92 Å². The summed E-state index contributed by atoms with van der Waals surface area (Å²) in [5.41, 5.74) is 0. The van der Waals surface area contributed by atoms with Gasteiger partial charge in [-0.25, -0.2) is 0 Å². The summed E-state index contributed by atoms with van der Waals surface area (Å²) in [5.74, 6) is 2.37. The SMILES string of the molecule is CN=C(NCC(C)Oc1ccccc1)N1CCC(COCCOC)C1. The molecule has 2 unspecified atom stereocenters. The van der Waals surface area contributed by atoms with Crippen LogP contribution in [0.1, 0.15) is 13.3 Å². The second-order valence-electron chi connectivity index (χ2n) is 6.34. The van der Waals surface area contributed by atoms with Crippen molar-refractivity contribution >= 4 is 5.96 Å². The van der Waals surface area contributed by atoms with Crippen LogP contribution >= 0.6 is 0 Å². The van der Waals surface area contributed by atoms with Gasteiger partial charge in [0, 0.05) is 33.2 Å². The number of guanidine groups is 1. The largest absolute Gasteiger partial charge is 0.489 e. The Morgan fingerprint density at radius 2 is 2.12 bits per heavy atom. The van der Waals surface area contributed by atoms with Crippen LogP contribution in [0.15, 0.2) is 35.3 Å². The normalized spacial score (nSPS) is 19.1. The smallest absolute Gasteiger partial charge is 0.193 e. The van der Waals surface area contributed by atoms with Crippen molar-refractivity contribution in [1.29, 1.82) is 0 Å². The Balaban J connectivity index is 1.70. The lowest BCUT2D eigenvalue weighted by molar-refractivity contribution is 0.0536. The fraction of sp³-hybridized carbons (Fsp3) is 0.632. The molecule has 0 bridgehead atoms. The summed E-state index contributed by atoms with van der Waals surface area (Å²) in [4.78, 5) is 6.70. The van der Waals surface area contributed by atoms with E-state index in [-0.39, 0.29) is 6.10 Å². The van der Waals surface area contributed by atoms with Crippen LogP contribution in [0.25, 0.3) is 0 Å². The van der Waals surface area contributed by atoms with Gasteiger partial charge >= 0.3 is 0 Å². The molecule has 2 rings (SSSR count). The molecule has 140 valence electrons. The van der Waals surface area contributed by atoms with E-state index in [1.807, 2.05) is 37.4 Å². The monoisotopic (exact) mass is 349 g/mol. The van der Waals surface area contributed by atoms with Gasteiger partial charge < -0.3 is 24.4 Å². The average molecular weight is 349 g/mol. The molecular formula is C19H31N3O3. The number of hydrogen-bond donors (Lipinski definition) is 1. The lowest BCUT2D eigenvalue weighted by Gasteiger charge is -2.23. The van der Waals surface area contributed by atoms with Crippen molar-refractivity contribution in [2.24, 2.45) is 10.9 Å². The number of methoxy groups -OCH3 is 1. The molecule has 1 aromatic rings. The maximum absolute atomic E-state index is 5.90. The highest BCUT2D eigenvalue weighted by molar-refractivity contribution is 5.80. The van der Waals surface area contributed by atoms with E-state index in [4.69, 9.17) is 14.2 Å². The molecule has 1 aromatic carbocycles. The van der Waals surface area contributed by atoms with Crippen LogP contribution in [0.3, 0.4) is 0 Å². The van der Waals surface area contributed by atoms with Gasteiger partial charge in [0.2, 0.25) is 0 Å². The van der Waals surface area contributed by atoms with E-state index in [0.717, 1.165) is 37.8 Å². The van der Waals surface area contributed by atoms with Crippen LogP contribution in [0.5, 0.6) is 5.75 Å². The van der Waals surface area contributed by atoms with E-state index in [9.17, 15) is 0 Å². The molecule has 0 amide bonds. The third-order valence-electron chi connectivity index (χ3n) is 4.21. The summed E-state index contributed by atoms with van der Waals surface area (Å²) in [5, 5.41) is 3.42. The molecule has 6 heteroatoms. The molecule has 1 fully saturated rings. The summed E-state index contributed by atoms with van der Waals surface area (Å²) in [6.45, 7) is 6.85. The molecule has 0 aliphatic carbocycles. The van der Waals surface area contributed by atoms with Crippen LogP contribution in [-0.2, 0) is 9.47 Å². The second kappa shape index (κ2) is 10.9. The first-order valence-electron chi connectivity index (χ1n) is 8.97. The van der Waals surface area contributed by atoms with E-state index >= 15 is 0 Å². The predicted octanol–water partition coefficient (Wildman–Crippen LogP) is 2.01. The number of aliphatic imine (C=N–C) groups is 1. The molecule has 1 N–H and O–H groups in total. The maximum atomic E-state index is 5.90. The van der Waals surface area contributed by atoms with Crippen molar-refractivity contribution in [3.8, 4) is 5.75 Å². The number of nitrogens with zero attached hydrogens (tertiary/aromatic N) is 2. The first-order valence-corrected chi connectivity index (χ1v) is 8.97. The summed E-state index contributed by atoms with van der Waals surface area (Å²) in [6.07, 6.45) is 1.19. The molecule has 1 aliphatic rings. The van der Waals surface area contributed by atoms with Gasteiger partial charge in [0.05, 0.1) is 26.4 Å². The van der Waals surface area contributed by atoms with E-state index in [1.165, 1.54) is 0 Å². The quantitative estimate of drug-likeness (QED) is 0.420. The molecule has 0 radical (unpaired) electrons. The molecule has 1 heterocycles. The molecule has 1 saturated heterocycles. The number of hydrogen-bond acceptors (Lipinski definition) is 4. The lowest BCUT2D eigenvalue weighted by Crippen LogP contribution is -2.43. The minimum Gasteiger partial charge on any atom is -0.489 e. The third kappa shape index (κ3) is 6.92. The predicted molar refractivity (Wildman–Crippen MR) is 100 cm³/mol. The standard InChI is InChI=1S/C19H31N3O3/c1-16(25-18-7-5-4-6-8-18)13-21-19(20-2)22-10-9-17(14-22)15-24-12-11-23-3/h4-8,16-17H,9-15H2,1-3H3,(H,20,21). The Morgan fingerprint density at radius 3 is 2.84 bits per heavy atom. The van der Waals surface area contributed by atoms with E-state index in [2.05, 4.69) is 22.1 Å². The van der Waals surface area contributed by atoms with Crippen LogP contribution in [-0.4, -0.2) is 70.6 Å². The summed E-state index contributed by atoms with van der Waals surface area (Å²) < 4.78 is 16.6. The van der Waals surface area contributed by atoms with Gasteiger partial charge in [-0.2, -0.15) is 0 Å². The number of ether oxygens (including phenoxy) is 3. The summed E-state index contributed by atoms with van der Waals surface area (Å²) in [7, 11) is 3.52. The Hall–Kier alpha value is -1.79. The summed E-state index contributed by atoms with van der Waals surface area (Å²) in [6, 6.07) is 9.89. The van der Waals surface area contributed by atoms with Crippen molar-refractivity contribution in [2.75, 3.05) is 53.6 Å². The number of nitrogens with one attached hydrogen (secondary N) is 1. The first kappa shape index (κ1) is 19.5. The van der Waals surface area contributed by atoms with Crippen LogP contribution in [0.2, 0.25) is 0 Å². The molecule has 0 saturated carbocycles. The number of benzene rings is 1. The number of rotatable bonds is 9. The number of likely N-dealkylation sites (tertiary alicyclic amines) is 1. The highest BCUT2D eigenvalue weighted by Crippen LogP contribution is 2.16. The second-order valence-corrected chi connectivity index (χ2v) is 6.34. The van der Waals surface area contributed by atoms with Gasteiger partial charge in [-0.05, 0) is 25.5 Å². The Labute approximate surface area is 151 Å². The zero-order chi connectivity index (χ0) is 17.9. The topological polar surface area (TPSA) is 55.3 Å². The van der Waals surface area contributed by atoms with Crippen LogP contribution < -0.4 is 10.1 Å². The maximum Gasteiger partial charge on any atom is 0.193 e. The molecular weight excluding hydrogens is 318 g/mol. The zero-order valence-electron chi connectivity index (χ0n) is 15.6. The molecule has 6 nitrogen and oxygen atoms in total. The Morgan fingerprint density at radius 1 is 1.32 bits per heavy atom. The van der Waals surface area contributed by atoms with Crippen molar-refractivity contribution in [3.63, 3.8) is 0 Å². The fourth-order valence-electron chi connectivity index (χ4n) is 2.89. The summed E-state index contributed by atoms with van der Waals surface area (Å²) >= 11 is 0. The molecule has 1 aliphatic heterocycles. The Bertz CT molecular complexity index is 510. The minimum atomic E-state index is 0.0647. The lowest BCUT2D eigenvalue weighted by atomic mass is 10.1. The molecule has 2 atom stereocenters. The fourth-order valence-corrected chi connectivity index (χ4v) is 2.89. The molecule has 0 spiro atoms. The van der Waals surface area contributed by atoms with Gasteiger partial charge in [-0.15, -0.1) is 0 Å². The minimum absolute atomic E-state index is 0.0647. The number of para-hydroxylation sites is 1. The van der Waals surface area contributed by atoms with Crippen molar-refractivity contribution in [3.05, 3.63) is 30.3 Å². The van der Waals surface area contributed by atoms with Crippen molar-refractivity contribution < 1.29 is 14.2 Å². The molecule has 25 heavy (non-hydrogen) atoms.